The van der Waals surface area contributed by atoms with Gasteiger partial charge in [0.05, 0.1) is 14.2 Å². The van der Waals surface area contributed by atoms with Gasteiger partial charge in [0.25, 0.3) is 0 Å². The van der Waals surface area contributed by atoms with Crippen molar-refractivity contribution >= 4 is 28.1 Å². The number of rotatable bonds is 11. The van der Waals surface area contributed by atoms with Crippen LogP contribution in [0.3, 0.4) is 0 Å². The molecule has 0 saturated heterocycles. The van der Waals surface area contributed by atoms with Crippen LogP contribution in [0.15, 0.2) is 24.3 Å². The molecule has 0 aromatic heterocycles. The zero-order chi connectivity index (χ0) is 17.3. The van der Waals surface area contributed by atoms with Crippen LogP contribution in [0.5, 0.6) is 0 Å². The Kier molecular flexibility index (Phi) is 9.29. The summed E-state index contributed by atoms with van der Waals surface area (Å²) in [4.78, 5) is 0. The average Bonchev–Trinajstić information content (AvgIpc) is 2.57. The van der Waals surface area contributed by atoms with Gasteiger partial charge in [-0.05, 0) is 30.5 Å². The highest BCUT2D eigenvalue weighted by Gasteiger charge is 2.37. The van der Waals surface area contributed by atoms with Crippen molar-refractivity contribution in [3.05, 3.63) is 34.9 Å². The molecule has 1 rings (SSSR count). The average molecular weight is 385 g/mol. The van der Waals surface area contributed by atoms with Gasteiger partial charge in [-0.3, -0.25) is 0 Å². The van der Waals surface area contributed by atoms with Crippen molar-refractivity contribution in [1.82, 2.24) is 0 Å². The van der Waals surface area contributed by atoms with E-state index in [2.05, 4.69) is 9.05 Å². The predicted molar refractivity (Wildman–Crippen MR) is 85.9 cm³/mol. The standard InChI is InChI=1S/C13H19ClO7P2/c1-18-22(16)20-9-13(15,10-21-23(17)19-2)8-7-11-3-5-12(14)6-4-11/h3-6,15H,7-10H2,1-2H3/q+2. The number of aliphatic hydroxyl groups is 1. The van der Waals surface area contributed by atoms with E-state index < -0.39 is 22.1 Å². The lowest BCUT2D eigenvalue weighted by molar-refractivity contribution is -0.0474. The summed E-state index contributed by atoms with van der Waals surface area (Å²) in [7, 11) is -2.21. The van der Waals surface area contributed by atoms with Crippen LogP contribution < -0.4 is 0 Å². The highest BCUT2D eigenvalue weighted by molar-refractivity contribution is 7.33. The fraction of sp³-hybridized carbons (Fsp3) is 0.538. The van der Waals surface area contributed by atoms with E-state index in [1.54, 1.807) is 12.1 Å². The molecule has 0 bridgehead atoms. The molecule has 23 heavy (non-hydrogen) atoms. The monoisotopic (exact) mass is 384 g/mol. The smallest absolute Gasteiger partial charge is 0.385 e. The minimum Gasteiger partial charge on any atom is -0.385 e. The summed E-state index contributed by atoms with van der Waals surface area (Å²) < 4.78 is 41.3. The van der Waals surface area contributed by atoms with E-state index in [1.807, 2.05) is 12.1 Å². The summed E-state index contributed by atoms with van der Waals surface area (Å²) in [5.41, 5.74) is -0.549. The van der Waals surface area contributed by atoms with Crippen LogP contribution in [0.25, 0.3) is 0 Å². The maximum Gasteiger partial charge on any atom is 0.697 e. The Balaban J connectivity index is 2.66. The molecule has 1 N–H and O–H groups in total. The van der Waals surface area contributed by atoms with Crippen molar-refractivity contribution in [2.24, 2.45) is 0 Å². The number of hydrogen-bond donors (Lipinski definition) is 1. The van der Waals surface area contributed by atoms with Crippen molar-refractivity contribution < 1.29 is 32.3 Å². The molecular formula is C13H19ClO7P2+2. The van der Waals surface area contributed by atoms with Gasteiger partial charge in [-0.2, -0.15) is 0 Å². The zero-order valence-corrected chi connectivity index (χ0v) is 15.4. The maximum atomic E-state index is 11.2. The molecule has 0 spiro atoms. The van der Waals surface area contributed by atoms with E-state index >= 15 is 0 Å². The maximum absolute atomic E-state index is 11.2. The topological polar surface area (TPSA) is 91.3 Å². The Bertz CT molecular complexity index is 504. The van der Waals surface area contributed by atoms with Crippen LogP contribution in [0.1, 0.15) is 12.0 Å². The van der Waals surface area contributed by atoms with Gasteiger partial charge in [-0.1, -0.05) is 23.7 Å². The highest BCUT2D eigenvalue weighted by atomic mass is 35.5. The van der Waals surface area contributed by atoms with Crippen LogP contribution in [0, 0.1) is 0 Å². The Morgan fingerprint density at radius 3 is 1.96 bits per heavy atom. The quantitative estimate of drug-likeness (QED) is 0.582. The third-order valence-electron chi connectivity index (χ3n) is 2.97. The van der Waals surface area contributed by atoms with Gasteiger partial charge in [0.2, 0.25) is 0 Å². The van der Waals surface area contributed by atoms with E-state index in [1.165, 1.54) is 14.2 Å². The second-order valence-electron chi connectivity index (χ2n) is 4.71. The Morgan fingerprint density at radius 2 is 1.52 bits per heavy atom. The normalized spacial score (nSPS) is 15.1. The predicted octanol–water partition coefficient (Wildman–Crippen LogP) is 3.64. The highest BCUT2D eigenvalue weighted by Crippen LogP contribution is 2.30. The molecule has 7 nitrogen and oxygen atoms in total. The third kappa shape index (κ3) is 8.25. The largest absolute Gasteiger partial charge is 0.697 e. The van der Waals surface area contributed by atoms with Gasteiger partial charge in [0.1, 0.15) is 18.8 Å². The van der Waals surface area contributed by atoms with Gasteiger partial charge in [0, 0.05) is 14.2 Å². The van der Waals surface area contributed by atoms with Crippen molar-refractivity contribution in [3.63, 3.8) is 0 Å². The number of benzene rings is 1. The molecule has 2 unspecified atom stereocenters. The molecule has 0 heterocycles. The van der Waals surface area contributed by atoms with Gasteiger partial charge in [-0.25, -0.2) is 0 Å². The van der Waals surface area contributed by atoms with Crippen LogP contribution >= 0.6 is 28.1 Å². The van der Waals surface area contributed by atoms with Crippen molar-refractivity contribution in [3.8, 4) is 0 Å². The van der Waals surface area contributed by atoms with Crippen LogP contribution in [-0.2, 0) is 33.6 Å². The van der Waals surface area contributed by atoms with Crippen molar-refractivity contribution in [2.75, 3.05) is 27.4 Å². The second kappa shape index (κ2) is 10.4. The molecule has 1 aromatic rings. The van der Waals surface area contributed by atoms with Crippen LogP contribution in [0.4, 0.5) is 0 Å². The summed E-state index contributed by atoms with van der Waals surface area (Å²) >= 11 is 5.82. The van der Waals surface area contributed by atoms with Gasteiger partial charge in [0.15, 0.2) is 0 Å². The van der Waals surface area contributed by atoms with E-state index in [0.29, 0.717) is 11.4 Å². The molecule has 0 fully saturated rings. The molecule has 0 saturated carbocycles. The summed E-state index contributed by atoms with van der Waals surface area (Å²) in [6.07, 6.45) is 0.725. The molecule has 0 aliphatic heterocycles. The fourth-order valence-corrected chi connectivity index (χ4v) is 2.69. The lowest BCUT2D eigenvalue weighted by Gasteiger charge is -2.22. The molecule has 0 amide bonds. The third-order valence-corrected chi connectivity index (χ3v) is 4.50. The molecule has 0 aliphatic rings. The Morgan fingerprint density at radius 1 is 1.04 bits per heavy atom. The van der Waals surface area contributed by atoms with Crippen LogP contribution in [-0.4, -0.2) is 38.1 Å². The molecule has 0 aliphatic carbocycles. The lowest BCUT2D eigenvalue weighted by Crippen LogP contribution is -2.39. The van der Waals surface area contributed by atoms with Gasteiger partial charge in [-0.15, -0.1) is 18.1 Å². The van der Waals surface area contributed by atoms with Gasteiger partial charge >= 0.3 is 16.5 Å². The van der Waals surface area contributed by atoms with E-state index in [0.717, 1.165) is 5.56 Å². The van der Waals surface area contributed by atoms with Crippen molar-refractivity contribution in [1.29, 1.82) is 0 Å². The molecule has 1 aromatic carbocycles. The SMILES string of the molecule is CO[P+](=O)OCC(O)(CCc1ccc(Cl)cc1)CO[P+](=O)OC. The summed E-state index contributed by atoms with van der Waals surface area (Å²) in [6.45, 7) is -0.590. The van der Waals surface area contributed by atoms with E-state index in [-0.39, 0.29) is 19.6 Å². The summed E-state index contributed by atoms with van der Waals surface area (Å²) in [5.74, 6) is 0. The fourth-order valence-electron chi connectivity index (χ4n) is 1.67. The van der Waals surface area contributed by atoms with E-state index in [9.17, 15) is 14.2 Å². The first-order valence-corrected chi connectivity index (χ1v) is 9.21. The first kappa shape index (κ1) is 20.6. The lowest BCUT2D eigenvalue weighted by atomic mass is 9.96. The minimum atomic E-state index is -2.33. The van der Waals surface area contributed by atoms with Crippen LogP contribution in [0.2, 0.25) is 5.02 Å². The second-order valence-corrected chi connectivity index (χ2v) is 7.29. The molecular weight excluding hydrogens is 366 g/mol. The number of aryl methyl sites for hydroxylation is 1. The Hall–Kier alpha value is -0.490. The first-order valence-electron chi connectivity index (χ1n) is 6.64. The first-order chi connectivity index (χ1) is 10.9. The zero-order valence-electron chi connectivity index (χ0n) is 12.8. The number of halogens is 1. The molecule has 0 radical (unpaired) electrons. The summed E-state index contributed by atoms with van der Waals surface area (Å²) in [6, 6.07) is 7.14. The summed E-state index contributed by atoms with van der Waals surface area (Å²) in [5, 5.41) is 11.2. The molecule has 2 atom stereocenters. The number of hydrogen-bond acceptors (Lipinski definition) is 7. The van der Waals surface area contributed by atoms with Crippen molar-refractivity contribution in [2.45, 2.75) is 18.4 Å². The Labute approximate surface area is 141 Å². The van der Waals surface area contributed by atoms with Gasteiger partial charge < -0.3 is 5.11 Å². The molecule has 128 valence electrons. The minimum absolute atomic E-state index is 0.231. The molecule has 10 heteroatoms. The van der Waals surface area contributed by atoms with E-state index in [4.69, 9.17) is 20.6 Å².